The van der Waals surface area contributed by atoms with Gasteiger partial charge >= 0.3 is 5.97 Å². The number of benzene rings is 1. The quantitative estimate of drug-likeness (QED) is 0.441. The molecule has 0 saturated carbocycles. The Morgan fingerprint density at radius 2 is 1.93 bits per heavy atom. The van der Waals surface area contributed by atoms with Crippen molar-refractivity contribution < 1.29 is 23.5 Å². The third-order valence-corrected chi connectivity index (χ3v) is 5.52. The number of halogens is 2. The van der Waals surface area contributed by atoms with E-state index in [1.807, 2.05) is 0 Å². The lowest BCUT2D eigenvalue weighted by Gasteiger charge is -2.03. The zero-order valence-corrected chi connectivity index (χ0v) is 16.4. The van der Waals surface area contributed by atoms with Crippen molar-refractivity contribution >= 4 is 45.9 Å². The van der Waals surface area contributed by atoms with Gasteiger partial charge in [0.1, 0.15) is 21.6 Å². The Morgan fingerprint density at radius 1 is 1.21 bits per heavy atom. The maximum absolute atomic E-state index is 13.3. The average molecular weight is 431 g/mol. The lowest BCUT2D eigenvalue weighted by atomic mass is 10.0. The number of hydrogen-bond donors (Lipinski definition) is 2. The summed E-state index contributed by atoms with van der Waals surface area (Å²) in [5, 5.41) is 13.9. The average Bonchev–Trinajstić information content (AvgIpc) is 3.32. The van der Waals surface area contributed by atoms with Gasteiger partial charge in [-0.15, -0.1) is 11.3 Å². The van der Waals surface area contributed by atoms with Gasteiger partial charge in [0.15, 0.2) is 0 Å². The first-order chi connectivity index (χ1) is 13.9. The summed E-state index contributed by atoms with van der Waals surface area (Å²) < 4.78 is 19.1. The summed E-state index contributed by atoms with van der Waals surface area (Å²) in [6, 6.07) is 8.66. The topological polar surface area (TPSA) is 92.4 Å². The molecule has 9 heteroatoms. The van der Waals surface area contributed by atoms with Gasteiger partial charge in [-0.05, 0) is 47.3 Å². The van der Waals surface area contributed by atoms with E-state index in [-0.39, 0.29) is 27.1 Å². The molecule has 0 unspecified atom stereocenters. The highest BCUT2D eigenvalue weighted by molar-refractivity contribution is 7.12. The Bertz CT molecular complexity index is 1260. The van der Waals surface area contributed by atoms with Crippen LogP contribution in [-0.4, -0.2) is 29.0 Å². The van der Waals surface area contributed by atoms with Gasteiger partial charge in [-0.25, -0.2) is 14.2 Å². The number of carbonyl (C=O) groups is 2. The van der Waals surface area contributed by atoms with E-state index >= 15 is 0 Å². The Hall–Kier alpha value is -3.23. The summed E-state index contributed by atoms with van der Waals surface area (Å²) in [6.45, 7) is 0. The predicted molar refractivity (Wildman–Crippen MR) is 108 cm³/mol. The van der Waals surface area contributed by atoms with Crippen LogP contribution in [0.25, 0.3) is 33.6 Å². The van der Waals surface area contributed by atoms with Crippen LogP contribution < -0.4 is 5.32 Å². The summed E-state index contributed by atoms with van der Waals surface area (Å²) in [5.74, 6) is -1.63. The predicted octanol–water partition coefficient (Wildman–Crippen LogP) is 5.07. The number of hydrogen-bond acceptors (Lipinski definition) is 5. The molecule has 6 nitrogen and oxygen atoms in total. The molecular weight excluding hydrogens is 419 g/mol. The number of aromatic carboxylic acids is 1. The number of thiophene rings is 1. The highest BCUT2D eigenvalue weighted by atomic mass is 35.5. The number of carboxylic acids is 1. The molecule has 0 aliphatic carbocycles. The van der Waals surface area contributed by atoms with Gasteiger partial charge in [-0.2, -0.15) is 0 Å². The highest BCUT2D eigenvalue weighted by Crippen LogP contribution is 2.38. The fourth-order valence-electron chi connectivity index (χ4n) is 2.95. The number of pyridine rings is 1. The van der Waals surface area contributed by atoms with Crippen molar-refractivity contribution in [2.75, 3.05) is 7.05 Å². The monoisotopic (exact) mass is 430 g/mol. The second-order valence-corrected chi connectivity index (χ2v) is 7.35. The standard InChI is InChI=1S/C20H12ClFN2O4S/c1-23-18(25)15-13-7-12(10-6-14(20(26)27)29-8-10)17(21)24-19(13)28-16(15)9-2-4-11(22)5-3-9/h2-8H,1H3,(H,23,25)(H,26,27). The third kappa shape index (κ3) is 3.37. The number of fused-ring (bicyclic) bond motifs is 1. The van der Waals surface area contributed by atoms with E-state index in [4.69, 9.17) is 21.1 Å². The molecule has 0 fully saturated rings. The minimum absolute atomic E-state index is 0.107. The molecule has 0 bridgehead atoms. The molecule has 2 N–H and O–H groups in total. The van der Waals surface area contributed by atoms with E-state index in [0.29, 0.717) is 22.1 Å². The summed E-state index contributed by atoms with van der Waals surface area (Å²) in [6.07, 6.45) is 0. The summed E-state index contributed by atoms with van der Waals surface area (Å²) >= 11 is 7.37. The van der Waals surface area contributed by atoms with Gasteiger partial charge in [0.25, 0.3) is 5.91 Å². The molecule has 0 aliphatic heterocycles. The number of furan rings is 1. The first-order valence-electron chi connectivity index (χ1n) is 8.32. The number of aromatic nitrogens is 1. The van der Waals surface area contributed by atoms with Crippen molar-refractivity contribution in [3.05, 3.63) is 63.2 Å². The largest absolute Gasteiger partial charge is 0.477 e. The van der Waals surface area contributed by atoms with Crippen LogP contribution in [0, 0.1) is 5.82 Å². The van der Waals surface area contributed by atoms with E-state index in [1.54, 1.807) is 11.4 Å². The molecule has 1 aromatic carbocycles. The molecule has 3 aromatic heterocycles. The molecule has 0 radical (unpaired) electrons. The normalized spacial score (nSPS) is 11.0. The Balaban J connectivity index is 1.96. The molecule has 29 heavy (non-hydrogen) atoms. The van der Waals surface area contributed by atoms with Crippen molar-refractivity contribution in [1.82, 2.24) is 10.3 Å². The summed E-state index contributed by atoms with van der Waals surface area (Å²) in [4.78, 5) is 28.2. The third-order valence-electron chi connectivity index (χ3n) is 4.32. The number of rotatable bonds is 4. The number of nitrogens with zero attached hydrogens (tertiary/aromatic N) is 1. The molecule has 0 spiro atoms. The van der Waals surface area contributed by atoms with Gasteiger partial charge in [-0.1, -0.05) is 11.6 Å². The molecule has 4 rings (SSSR count). The maximum atomic E-state index is 13.3. The second kappa shape index (κ2) is 7.31. The Labute approximate surface area is 172 Å². The van der Waals surface area contributed by atoms with Crippen molar-refractivity contribution in [1.29, 1.82) is 0 Å². The van der Waals surface area contributed by atoms with Crippen molar-refractivity contribution in [3.63, 3.8) is 0 Å². The van der Waals surface area contributed by atoms with E-state index in [2.05, 4.69) is 10.3 Å². The van der Waals surface area contributed by atoms with Crippen molar-refractivity contribution in [2.45, 2.75) is 0 Å². The summed E-state index contributed by atoms with van der Waals surface area (Å²) in [5.41, 5.74) is 1.92. The van der Waals surface area contributed by atoms with Crippen LogP contribution in [0.1, 0.15) is 20.0 Å². The number of carbonyl (C=O) groups excluding carboxylic acids is 1. The molecule has 0 atom stereocenters. The highest BCUT2D eigenvalue weighted by Gasteiger charge is 2.24. The fourth-order valence-corrected chi connectivity index (χ4v) is 3.93. The van der Waals surface area contributed by atoms with Crippen LogP contribution in [0.3, 0.4) is 0 Å². The molecular formula is C20H12ClFN2O4S. The van der Waals surface area contributed by atoms with E-state index in [0.717, 1.165) is 11.3 Å². The van der Waals surface area contributed by atoms with Crippen LogP contribution in [0.4, 0.5) is 4.39 Å². The number of nitrogens with one attached hydrogen (secondary N) is 1. The fraction of sp³-hybridized carbons (Fsp3) is 0.0500. The SMILES string of the molecule is CNC(=O)c1c(-c2ccc(F)cc2)oc2nc(Cl)c(-c3csc(C(=O)O)c3)cc12. The molecule has 4 aromatic rings. The van der Waals surface area contributed by atoms with Crippen molar-refractivity contribution in [3.8, 4) is 22.5 Å². The number of carboxylic acid groups (broad SMARTS) is 1. The van der Waals surface area contributed by atoms with Gasteiger partial charge in [0, 0.05) is 18.2 Å². The molecule has 0 aliphatic rings. The van der Waals surface area contributed by atoms with E-state index in [1.165, 1.54) is 37.4 Å². The Kier molecular flexibility index (Phi) is 4.81. The lowest BCUT2D eigenvalue weighted by molar-refractivity contribution is 0.0702. The van der Waals surface area contributed by atoms with Crippen LogP contribution in [0.2, 0.25) is 5.15 Å². The lowest BCUT2D eigenvalue weighted by Crippen LogP contribution is -2.18. The molecule has 1 amide bonds. The molecule has 0 saturated heterocycles. The molecule has 146 valence electrons. The number of amides is 1. The van der Waals surface area contributed by atoms with Gasteiger partial charge in [-0.3, -0.25) is 4.79 Å². The minimum Gasteiger partial charge on any atom is -0.477 e. The van der Waals surface area contributed by atoms with Crippen LogP contribution >= 0.6 is 22.9 Å². The first-order valence-corrected chi connectivity index (χ1v) is 9.58. The minimum atomic E-state index is -1.04. The van der Waals surface area contributed by atoms with Crippen LogP contribution in [-0.2, 0) is 0 Å². The zero-order valence-electron chi connectivity index (χ0n) is 14.8. The van der Waals surface area contributed by atoms with Gasteiger partial charge in [0.05, 0.1) is 10.9 Å². The summed E-state index contributed by atoms with van der Waals surface area (Å²) in [7, 11) is 1.48. The van der Waals surface area contributed by atoms with E-state index < -0.39 is 17.7 Å². The van der Waals surface area contributed by atoms with Crippen molar-refractivity contribution in [2.24, 2.45) is 0 Å². The Morgan fingerprint density at radius 3 is 2.55 bits per heavy atom. The van der Waals surface area contributed by atoms with Gasteiger partial charge < -0.3 is 14.8 Å². The zero-order chi connectivity index (χ0) is 20.7. The van der Waals surface area contributed by atoms with Crippen LogP contribution in [0.5, 0.6) is 0 Å². The second-order valence-electron chi connectivity index (χ2n) is 6.08. The van der Waals surface area contributed by atoms with Crippen LogP contribution in [0.15, 0.2) is 46.2 Å². The smallest absolute Gasteiger partial charge is 0.345 e. The first kappa shape index (κ1) is 19.1. The maximum Gasteiger partial charge on any atom is 0.345 e. The molecule has 3 heterocycles. The van der Waals surface area contributed by atoms with Gasteiger partial charge in [0.2, 0.25) is 5.71 Å². The van der Waals surface area contributed by atoms with E-state index in [9.17, 15) is 14.0 Å².